The molecule has 16 unspecified atom stereocenters. The molecule has 0 amide bonds. The molecule has 0 bridgehead atoms. The fraction of sp³-hybridized carbons (Fsp3) is 1.00. The summed E-state index contributed by atoms with van der Waals surface area (Å²) in [4.78, 5) is 28.3. The summed E-state index contributed by atoms with van der Waals surface area (Å²) in [5.74, 6) is 0. The van der Waals surface area contributed by atoms with Crippen molar-refractivity contribution in [2.75, 3.05) is 6.61 Å². The maximum Gasteiger partial charge on any atom is 0.472 e. The highest BCUT2D eigenvalue weighted by molar-refractivity contribution is 7.47. The molecule has 1 saturated heterocycles. The zero-order valence-corrected chi connectivity index (χ0v) is 22.8. The molecule has 16 atom stereocenters. The summed E-state index contributed by atoms with van der Waals surface area (Å²) in [6, 6.07) is 0. The molecule has 1 aliphatic heterocycles. The molecule has 42 heavy (non-hydrogen) atoms. The van der Waals surface area contributed by atoms with E-state index in [-0.39, 0.29) is 0 Å². The van der Waals surface area contributed by atoms with E-state index in [1.807, 2.05) is 0 Å². The summed E-state index contributed by atoms with van der Waals surface area (Å²) < 4.78 is 47.8. The van der Waals surface area contributed by atoms with Gasteiger partial charge in [0.25, 0.3) is 0 Å². The number of hydrogen-bond acceptors (Lipinski definition) is 19. The zero-order chi connectivity index (χ0) is 32.1. The summed E-state index contributed by atoms with van der Waals surface area (Å²) in [5, 5.41) is 120. The van der Waals surface area contributed by atoms with Crippen molar-refractivity contribution < 1.29 is 108 Å². The molecule has 0 radical (unpaired) electrons. The highest BCUT2D eigenvalue weighted by Crippen LogP contribution is 2.48. The minimum Gasteiger partial charge on any atom is -0.387 e. The Labute approximate surface area is 235 Å². The van der Waals surface area contributed by atoms with Crippen LogP contribution in [-0.4, -0.2) is 187 Å². The molecule has 22 nitrogen and oxygen atoms in total. The van der Waals surface area contributed by atoms with Gasteiger partial charge in [0.05, 0.1) is 6.61 Å². The predicted molar refractivity (Wildman–Crippen MR) is 123 cm³/mol. The van der Waals surface area contributed by atoms with Crippen LogP contribution in [0, 0.1) is 0 Å². The molecule has 0 aromatic heterocycles. The van der Waals surface area contributed by atoms with E-state index in [1.54, 1.807) is 0 Å². The van der Waals surface area contributed by atoms with Crippen molar-refractivity contribution in [3.05, 3.63) is 0 Å². The molecule has 0 aromatic carbocycles. The van der Waals surface area contributed by atoms with Crippen LogP contribution in [0.4, 0.5) is 0 Å². The lowest BCUT2D eigenvalue weighted by molar-refractivity contribution is -0.337. The van der Waals surface area contributed by atoms with E-state index < -0.39 is 126 Å². The Morgan fingerprint density at radius 2 is 0.905 bits per heavy atom. The predicted octanol–water partition coefficient (Wildman–Crippen LogP) is -8.57. The second-order valence-electron chi connectivity index (χ2n) is 9.93. The van der Waals surface area contributed by atoms with Crippen LogP contribution in [0.25, 0.3) is 0 Å². The van der Waals surface area contributed by atoms with Crippen molar-refractivity contribution in [3.63, 3.8) is 0 Å². The molecule has 3 rings (SSSR count). The number of aliphatic hydroxyl groups excluding tert-OH is 12. The first-order valence-electron chi connectivity index (χ1n) is 12.1. The summed E-state index contributed by atoms with van der Waals surface area (Å²) in [7, 11) is -10.9. The quantitative estimate of drug-likeness (QED) is 0.102. The second kappa shape index (κ2) is 13.6. The standard InChI is InChI=1S/C18H34O22P2/c19-3-2(1-36-42(34,35)40-15-10(26)6(22)5(21)7(23)11(15)27)37-18(14(30)4(3)20)38-16-12(28)8(24)9(25)13(29)17(16)39-41(31,32)33/h2-30H,1H2,(H,34,35)(H2,31,32,33). The van der Waals surface area contributed by atoms with Crippen molar-refractivity contribution >= 4 is 15.6 Å². The van der Waals surface area contributed by atoms with E-state index in [4.69, 9.17) is 19.3 Å². The number of phosphoric acid groups is 2. The Morgan fingerprint density at radius 1 is 0.500 bits per heavy atom. The van der Waals surface area contributed by atoms with Crippen molar-refractivity contribution in [2.24, 2.45) is 0 Å². The molecule has 3 aliphatic rings. The lowest BCUT2D eigenvalue weighted by atomic mass is 9.84. The van der Waals surface area contributed by atoms with Crippen molar-refractivity contribution in [1.82, 2.24) is 0 Å². The third kappa shape index (κ3) is 7.71. The summed E-state index contributed by atoms with van der Waals surface area (Å²) >= 11 is 0. The van der Waals surface area contributed by atoms with Gasteiger partial charge in [-0.15, -0.1) is 0 Å². The third-order valence-corrected chi connectivity index (χ3v) is 8.50. The number of phosphoric ester groups is 2. The second-order valence-corrected chi connectivity index (χ2v) is 12.5. The van der Waals surface area contributed by atoms with Crippen LogP contribution in [0.1, 0.15) is 0 Å². The van der Waals surface area contributed by atoms with E-state index in [0.29, 0.717) is 0 Å². The first-order valence-corrected chi connectivity index (χ1v) is 15.1. The van der Waals surface area contributed by atoms with Crippen LogP contribution in [0.15, 0.2) is 0 Å². The van der Waals surface area contributed by atoms with Gasteiger partial charge in [0.2, 0.25) is 0 Å². The van der Waals surface area contributed by atoms with Gasteiger partial charge in [0, 0.05) is 0 Å². The normalized spacial score (nSPS) is 50.3. The molecule has 0 spiro atoms. The fourth-order valence-electron chi connectivity index (χ4n) is 4.62. The SMILES string of the molecule is O=P(O)(O)OC1C(O)C(O)C(O)C(O)C1OC1OC(COP(=O)(O)OC2C(O)C(O)C(O)C(O)C2O)C(O)C(O)C1O. The summed E-state index contributed by atoms with van der Waals surface area (Å²) in [6.07, 6.45) is -37.0. The number of hydrogen-bond donors (Lipinski definition) is 15. The molecular formula is C18H34O22P2. The maximum atomic E-state index is 12.5. The van der Waals surface area contributed by atoms with Gasteiger partial charge >= 0.3 is 15.6 Å². The van der Waals surface area contributed by atoms with Crippen molar-refractivity contribution in [2.45, 2.75) is 104 Å². The molecule has 24 heteroatoms. The Hall–Kier alpha value is -0.340. The van der Waals surface area contributed by atoms with E-state index in [9.17, 15) is 75.3 Å². The average Bonchev–Trinajstić information content (AvgIpc) is 2.91. The summed E-state index contributed by atoms with van der Waals surface area (Å²) in [6.45, 7) is -1.20. The Balaban J connectivity index is 1.73. The number of ether oxygens (including phenoxy) is 2. The Kier molecular flexibility index (Phi) is 11.7. The van der Waals surface area contributed by atoms with Crippen LogP contribution in [0.2, 0.25) is 0 Å². The third-order valence-electron chi connectivity index (χ3n) is 7.00. The molecule has 15 N–H and O–H groups in total. The molecule has 3 fully saturated rings. The lowest BCUT2D eigenvalue weighted by Gasteiger charge is -2.47. The molecule has 248 valence electrons. The molecule has 2 aliphatic carbocycles. The molecule has 0 aromatic rings. The number of rotatable bonds is 9. The van der Waals surface area contributed by atoms with E-state index >= 15 is 0 Å². The van der Waals surface area contributed by atoms with E-state index in [2.05, 4.69) is 13.6 Å². The molecule has 1 heterocycles. The van der Waals surface area contributed by atoms with Crippen LogP contribution < -0.4 is 0 Å². The van der Waals surface area contributed by atoms with Gasteiger partial charge in [0.15, 0.2) is 6.29 Å². The highest BCUT2D eigenvalue weighted by atomic mass is 31.2. The average molecular weight is 664 g/mol. The van der Waals surface area contributed by atoms with Crippen molar-refractivity contribution in [1.29, 1.82) is 0 Å². The van der Waals surface area contributed by atoms with E-state index in [0.717, 1.165) is 0 Å². The van der Waals surface area contributed by atoms with Gasteiger partial charge in [-0.25, -0.2) is 9.13 Å². The first-order chi connectivity index (χ1) is 19.2. The maximum absolute atomic E-state index is 12.5. The van der Waals surface area contributed by atoms with Crippen LogP contribution in [0.3, 0.4) is 0 Å². The summed E-state index contributed by atoms with van der Waals surface area (Å²) in [5.41, 5.74) is 0. The van der Waals surface area contributed by atoms with Crippen LogP contribution >= 0.6 is 15.6 Å². The van der Waals surface area contributed by atoms with Gasteiger partial charge in [-0.3, -0.25) is 13.6 Å². The first kappa shape index (κ1) is 36.1. The van der Waals surface area contributed by atoms with Crippen LogP contribution in [0.5, 0.6) is 0 Å². The van der Waals surface area contributed by atoms with Gasteiger partial charge in [-0.05, 0) is 0 Å². The zero-order valence-electron chi connectivity index (χ0n) is 21.0. The Bertz CT molecular complexity index is 982. The minimum absolute atomic E-state index is 1.20. The monoisotopic (exact) mass is 664 g/mol. The van der Waals surface area contributed by atoms with Gasteiger partial charge in [-0.2, -0.15) is 0 Å². The Morgan fingerprint density at radius 3 is 1.38 bits per heavy atom. The largest absolute Gasteiger partial charge is 0.472 e. The van der Waals surface area contributed by atoms with Crippen LogP contribution in [-0.2, 0) is 32.2 Å². The number of aliphatic hydroxyl groups is 12. The molecule has 2 saturated carbocycles. The fourth-order valence-corrected chi connectivity index (χ4v) is 6.13. The van der Waals surface area contributed by atoms with Gasteiger partial charge < -0.3 is 85.4 Å². The minimum atomic E-state index is -5.46. The van der Waals surface area contributed by atoms with Gasteiger partial charge in [0.1, 0.15) is 97.7 Å². The van der Waals surface area contributed by atoms with Gasteiger partial charge in [-0.1, -0.05) is 0 Å². The van der Waals surface area contributed by atoms with E-state index in [1.165, 1.54) is 0 Å². The molecular weight excluding hydrogens is 630 g/mol. The topological polar surface area (TPSA) is 384 Å². The highest BCUT2D eigenvalue weighted by Gasteiger charge is 2.56. The van der Waals surface area contributed by atoms with Crippen molar-refractivity contribution in [3.8, 4) is 0 Å². The smallest absolute Gasteiger partial charge is 0.387 e. The lowest BCUT2D eigenvalue weighted by Crippen LogP contribution is -2.67.